The Morgan fingerprint density at radius 1 is 1.12 bits per heavy atom. The van der Waals surface area contributed by atoms with Crippen molar-refractivity contribution in [1.29, 1.82) is 0 Å². The molecule has 184 valence electrons. The van der Waals surface area contributed by atoms with Gasteiger partial charge in [0.1, 0.15) is 11.8 Å². The maximum atomic E-state index is 13.2. The number of thioether (sulfide) groups is 1. The van der Waals surface area contributed by atoms with Crippen molar-refractivity contribution < 1.29 is 19.4 Å². The van der Waals surface area contributed by atoms with Crippen molar-refractivity contribution in [1.82, 2.24) is 5.32 Å². The summed E-state index contributed by atoms with van der Waals surface area (Å²) in [5.41, 5.74) is 3.20. The summed E-state index contributed by atoms with van der Waals surface area (Å²) in [5, 5.41) is 12.3. The van der Waals surface area contributed by atoms with Crippen LogP contribution >= 0.6 is 11.8 Å². The fourth-order valence-corrected chi connectivity index (χ4v) is 5.15. The summed E-state index contributed by atoms with van der Waals surface area (Å²) < 4.78 is 6.08. The summed E-state index contributed by atoms with van der Waals surface area (Å²) >= 11 is 1.56. The predicted octanol–water partition coefficient (Wildman–Crippen LogP) is 6.34. The van der Waals surface area contributed by atoms with E-state index in [0.717, 1.165) is 34.8 Å². The number of carboxylic acid groups (broad SMARTS) is 1. The highest BCUT2D eigenvalue weighted by atomic mass is 32.2. The molecule has 1 aliphatic rings. The Bertz CT molecular complexity index is 955. The third-order valence-electron chi connectivity index (χ3n) is 6.64. The van der Waals surface area contributed by atoms with E-state index in [0.29, 0.717) is 24.3 Å². The van der Waals surface area contributed by atoms with E-state index < -0.39 is 12.0 Å². The molecule has 34 heavy (non-hydrogen) atoms. The summed E-state index contributed by atoms with van der Waals surface area (Å²) in [6, 6.07) is 12.5. The van der Waals surface area contributed by atoms with Crippen LogP contribution in [-0.4, -0.2) is 41.6 Å². The maximum Gasteiger partial charge on any atom is 0.326 e. The molecule has 2 N–H and O–H groups in total. The first-order chi connectivity index (χ1) is 16.5. The number of carboxylic acids is 1. The van der Waals surface area contributed by atoms with Gasteiger partial charge < -0.3 is 15.2 Å². The van der Waals surface area contributed by atoms with Crippen LogP contribution in [0.4, 0.5) is 0 Å². The van der Waals surface area contributed by atoms with E-state index in [1.807, 2.05) is 49.6 Å². The molecule has 2 aromatic rings. The van der Waals surface area contributed by atoms with Crippen LogP contribution in [0.2, 0.25) is 0 Å². The standard InChI is InChI=1S/C28H37NO4S/c1-20-9-6-7-13-23(20)25-19-22(33-17-8-12-21-10-4-3-5-11-21)14-15-24(25)27(30)29-26(28(31)32)16-18-34-2/h6-7,9,13-15,19,21,26H,3-5,8,10-12,16-18H2,1-2H3,(H,29,30)(H,31,32). The second kappa shape index (κ2) is 13.4. The largest absolute Gasteiger partial charge is 0.494 e. The van der Waals surface area contributed by atoms with Gasteiger partial charge in [-0.1, -0.05) is 56.4 Å². The second-order valence-electron chi connectivity index (χ2n) is 9.16. The molecular weight excluding hydrogens is 446 g/mol. The highest BCUT2D eigenvalue weighted by Gasteiger charge is 2.23. The van der Waals surface area contributed by atoms with E-state index in [1.54, 1.807) is 17.8 Å². The molecule has 5 nitrogen and oxygen atoms in total. The van der Waals surface area contributed by atoms with Crippen LogP contribution < -0.4 is 10.1 Å². The third kappa shape index (κ3) is 7.52. The van der Waals surface area contributed by atoms with Gasteiger partial charge in [-0.2, -0.15) is 11.8 Å². The van der Waals surface area contributed by atoms with Gasteiger partial charge in [0.25, 0.3) is 5.91 Å². The average Bonchev–Trinajstić information content (AvgIpc) is 2.85. The zero-order valence-corrected chi connectivity index (χ0v) is 21.2. The van der Waals surface area contributed by atoms with E-state index in [1.165, 1.54) is 38.5 Å². The quantitative estimate of drug-likeness (QED) is 0.345. The number of aryl methyl sites for hydroxylation is 1. The number of carbonyl (C=O) groups is 2. The Kier molecular flexibility index (Phi) is 10.3. The zero-order valence-electron chi connectivity index (χ0n) is 20.3. The van der Waals surface area contributed by atoms with E-state index in [-0.39, 0.29) is 5.91 Å². The summed E-state index contributed by atoms with van der Waals surface area (Å²) in [7, 11) is 0. The van der Waals surface area contributed by atoms with Gasteiger partial charge in [-0.15, -0.1) is 0 Å². The van der Waals surface area contributed by atoms with Gasteiger partial charge in [0.15, 0.2) is 0 Å². The molecule has 6 heteroatoms. The number of benzene rings is 2. The Hall–Kier alpha value is -2.47. The van der Waals surface area contributed by atoms with Crippen molar-refractivity contribution in [3.05, 3.63) is 53.6 Å². The van der Waals surface area contributed by atoms with Crippen molar-refractivity contribution in [3.63, 3.8) is 0 Å². The van der Waals surface area contributed by atoms with Gasteiger partial charge in [0.05, 0.1) is 6.61 Å². The maximum absolute atomic E-state index is 13.2. The molecular formula is C28H37NO4S. The molecule has 0 heterocycles. The fourth-order valence-electron chi connectivity index (χ4n) is 4.68. The fraction of sp³-hybridized carbons (Fsp3) is 0.500. The van der Waals surface area contributed by atoms with Gasteiger partial charge >= 0.3 is 5.97 Å². The van der Waals surface area contributed by atoms with E-state index in [4.69, 9.17) is 4.74 Å². The van der Waals surface area contributed by atoms with Crippen LogP contribution in [0.3, 0.4) is 0 Å². The van der Waals surface area contributed by atoms with Crippen LogP contribution in [0.25, 0.3) is 11.1 Å². The normalized spacial score (nSPS) is 15.0. The summed E-state index contributed by atoms with van der Waals surface area (Å²) in [4.78, 5) is 24.8. The molecule has 1 fully saturated rings. The lowest BCUT2D eigenvalue weighted by Gasteiger charge is -2.21. The number of hydrogen-bond donors (Lipinski definition) is 2. The van der Waals surface area contributed by atoms with Crippen molar-refractivity contribution in [2.24, 2.45) is 5.92 Å². The number of ether oxygens (including phenoxy) is 1. The number of hydrogen-bond acceptors (Lipinski definition) is 4. The first kappa shape index (κ1) is 26.1. The molecule has 1 atom stereocenters. The monoisotopic (exact) mass is 483 g/mol. The molecule has 1 unspecified atom stereocenters. The average molecular weight is 484 g/mol. The number of carbonyl (C=O) groups excluding carboxylic acids is 1. The van der Waals surface area contributed by atoms with Gasteiger partial charge in [0.2, 0.25) is 0 Å². The lowest BCUT2D eigenvalue weighted by molar-refractivity contribution is -0.139. The van der Waals surface area contributed by atoms with Crippen molar-refractivity contribution in [2.75, 3.05) is 18.6 Å². The summed E-state index contributed by atoms with van der Waals surface area (Å²) in [5.74, 6) is 0.832. The molecule has 0 radical (unpaired) electrons. The smallest absolute Gasteiger partial charge is 0.326 e. The second-order valence-corrected chi connectivity index (χ2v) is 10.1. The van der Waals surface area contributed by atoms with Gasteiger partial charge in [0, 0.05) is 5.56 Å². The van der Waals surface area contributed by atoms with Gasteiger partial charge in [-0.3, -0.25) is 4.79 Å². The highest BCUT2D eigenvalue weighted by Crippen LogP contribution is 2.31. The lowest BCUT2D eigenvalue weighted by atomic mass is 9.86. The van der Waals surface area contributed by atoms with Crippen molar-refractivity contribution in [2.45, 2.75) is 64.3 Å². The number of rotatable bonds is 12. The Morgan fingerprint density at radius 3 is 2.59 bits per heavy atom. The first-order valence-corrected chi connectivity index (χ1v) is 13.7. The van der Waals surface area contributed by atoms with Crippen LogP contribution in [0, 0.1) is 12.8 Å². The molecule has 1 saturated carbocycles. The topological polar surface area (TPSA) is 75.6 Å². The molecule has 1 aliphatic carbocycles. The highest BCUT2D eigenvalue weighted by molar-refractivity contribution is 7.98. The zero-order chi connectivity index (χ0) is 24.3. The minimum absolute atomic E-state index is 0.379. The first-order valence-electron chi connectivity index (χ1n) is 12.3. The van der Waals surface area contributed by atoms with Gasteiger partial charge in [-0.25, -0.2) is 4.79 Å². The third-order valence-corrected chi connectivity index (χ3v) is 7.28. The summed E-state index contributed by atoms with van der Waals surface area (Å²) in [6.07, 6.45) is 11.3. The molecule has 2 aromatic carbocycles. The Balaban J connectivity index is 1.75. The van der Waals surface area contributed by atoms with Crippen molar-refractivity contribution >= 4 is 23.6 Å². The number of aliphatic carboxylic acids is 1. The minimum atomic E-state index is -1.02. The number of amides is 1. The Labute approximate surface area is 207 Å². The van der Waals surface area contributed by atoms with Crippen LogP contribution in [0.15, 0.2) is 42.5 Å². The molecule has 0 saturated heterocycles. The number of nitrogens with one attached hydrogen (secondary N) is 1. The SMILES string of the molecule is CSCCC(NC(=O)c1ccc(OCCCC2CCCCC2)cc1-c1ccccc1C)C(=O)O. The Morgan fingerprint density at radius 2 is 1.88 bits per heavy atom. The van der Waals surface area contributed by atoms with Crippen molar-refractivity contribution in [3.8, 4) is 16.9 Å². The van der Waals surface area contributed by atoms with Crippen LogP contribution in [-0.2, 0) is 4.79 Å². The molecule has 0 aromatic heterocycles. The van der Waals surface area contributed by atoms with E-state index in [2.05, 4.69) is 5.32 Å². The van der Waals surface area contributed by atoms with Gasteiger partial charge in [-0.05, 0) is 79.0 Å². The molecule has 0 spiro atoms. The summed E-state index contributed by atoms with van der Waals surface area (Å²) in [6.45, 7) is 2.66. The van der Waals surface area contributed by atoms with E-state index in [9.17, 15) is 14.7 Å². The molecule has 0 aliphatic heterocycles. The predicted molar refractivity (Wildman–Crippen MR) is 140 cm³/mol. The van der Waals surface area contributed by atoms with E-state index >= 15 is 0 Å². The molecule has 3 rings (SSSR count). The minimum Gasteiger partial charge on any atom is -0.494 e. The van der Waals surface area contributed by atoms with Crippen LogP contribution in [0.5, 0.6) is 5.75 Å². The molecule has 0 bridgehead atoms. The lowest BCUT2D eigenvalue weighted by Crippen LogP contribution is -2.41. The van der Waals surface area contributed by atoms with Crippen LogP contribution in [0.1, 0.15) is 67.3 Å². The molecule has 1 amide bonds.